The molecular formula is C10H17N3O. The lowest BCUT2D eigenvalue weighted by Gasteiger charge is -2.09. The van der Waals surface area contributed by atoms with Crippen LogP contribution < -0.4 is 5.32 Å². The SMILES string of the molecule is CCC(C)C(=O)NCCn1ccnc1. The Kier molecular flexibility index (Phi) is 4.16. The zero-order chi connectivity index (χ0) is 10.4. The van der Waals surface area contributed by atoms with Crippen molar-refractivity contribution in [3.05, 3.63) is 18.7 Å². The summed E-state index contributed by atoms with van der Waals surface area (Å²) in [6.07, 6.45) is 6.25. The smallest absolute Gasteiger partial charge is 0.222 e. The Morgan fingerprint density at radius 3 is 3.00 bits per heavy atom. The second-order valence-corrected chi connectivity index (χ2v) is 3.40. The minimum absolute atomic E-state index is 0.109. The largest absolute Gasteiger partial charge is 0.354 e. The first-order chi connectivity index (χ1) is 6.74. The summed E-state index contributed by atoms with van der Waals surface area (Å²) in [5, 5.41) is 2.88. The monoisotopic (exact) mass is 195 g/mol. The minimum Gasteiger partial charge on any atom is -0.354 e. The van der Waals surface area contributed by atoms with E-state index in [1.54, 1.807) is 12.5 Å². The standard InChI is InChI=1S/C10H17N3O/c1-3-9(2)10(14)12-5-7-13-6-4-11-8-13/h4,6,8-9H,3,5,7H2,1-2H3,(H,12,14). The average Bonchev–Trinajstić information content (AvgIpc) is 2.69. The zero-order valence-electron chi connectivity index (χ0n) is 8.73. The second-order valence-electron chi connectivity index (χ2n) is 3.40. The molecular weight excluding hydrogens is 178 g/mol. The normalized spacial score (nSPS) is 12.4. The quantitative estimate of drug-likeness (QED) is 0.763. The summed E-state index contributed by atoms with van der Waals surface area (Å²) in [5.74, 6) is 0.241. The third-order valence-corrected chi connectivity index (χ3v) is 2.29. The summed E-state index contributed by atoms with van der Waals surface area (Å²) >= 11 is 0. The van der Waals surface area contributed by atoms with Crippen molar-refractivity contribution in [1.29, 1.82) is 0 Å². The molecule has 0 bridgehead atoms. The molecule has 1 heterocycles. The lowest BCUT2D eigenvalue weighted by atomic mass is 10.1. The summed E-state index contributed by atoms with van der Waals surface area (Å²) in [4.78, 5) is 15.3. The third-order valence-electron chi connectivity index (χ3n) is 2.29. The Morgan fingerprint density at radius 2 is 2.43 bits per heavy atom. The van der Waals surface area contributed by atoms with Crippen LogP contribution in [0.25, 0.3) is 0 Å². The van der Waals surface area contributed by atoms with Gasteiger partial charge in [0.15, 0.2) is 0 Å². The first-order valence-electron chi connectivity index (χ1n) is 4.97. The maximum absolute atomic E-state index is 11.4. The van der Waals surface area contributed by atoms with Gasteiger partial charge in [-0.15, -0.1) is 0 Å². The number of imidazole rings is 1. The topological polar surface area (TPSA) is 46.9 Å². The number of hydrogen-bond acceptors (Lipinski definition) is 2. The molecule has 1 unspecified atom stereocenters. The molecule has 4 heteroatoms. The summed E-state index contributed by atoms with van der Waals surface area (Å²) < 4.78 is 1.94. The van der Waals surface area contributed by atoms with E-state index in [4.69, 9.17) is 0 Å². The molecule has 0 aliphatic heterocycles. The number of aromatic nitrogens is 2. The van der Waals surface area contributed by atoms with E-state index in [2.05, 4.69) is 10.3 Å². The van der Waals surface area contributed by atoms with Crippen LogP contribution in [0.2, 0.25) is 0 Å². The number of hydrogen-bond donors (Lipinski definition) is 1. The Balaban J connectivity index is 2.18. The molecule has 1 aromatic rings. The van der Waals surface area contributed by atoms with Crippen molar-refractivity contribution in [2.24, 2.45) is 5.92 Å². The molecule has 1 rings (SSSR count). The van der Waals surface area contributed by atoms with E-state index in [1.807, 2.05) is 24.6 Å². The van der Waals surface area contributed by atoms with Gasteiger partial charge in [0, 0.05) is 31.4 Å². The van der Waals surface area contributed by atoms with Crippen LogP contribution in [0, 0.1) is 5.92 Å². The summed E-state index contributed by atoms with van der Waals surface area (Å²) in [5.41, 5.74) is 0. The second kappa shape index (κ2) is 5.42. The lowest BCUT2D eigenvalue weighted by Crippen LogP contribution is -2.31. The number of nitrogens with one attached hydrogen (secondary N) is 1. The van der Waals surface area contributed by atoms with Crippen LogP contribution in [0.1, 0.15) is 20.3 Å². The van der Waals surface area contributed by atoms with Crippen LogP contribution in [0.5, 0.6) is 0 Å². The van der Waals surface area contributed by atoms with E-state index >= 15 is 0 Å². The molecule has 14 heavy (non-hydrogen) atoms. The molecule has 1 N–H and O–H groups in total. The molecule has 0 aromatic carbocycles. The minimum atomic E-state index is 0.109. The van der Waals surface area contributed by atoms with E-state index < -0.39 is 0 Å². The molecule has 1 aromatic heterocycles. The number of carbonyl (C=O) groups is 1. The van der Waals surface area contributed by atoms with Gasteiger partial charge < -0.3 is 9.88 Å². The molecule has 1 amide bonds. The third kappa shape index (κ3) is 3.20. The fourth-order valence-corrected chi connectivity index (χ4v) is 1.09. The van der Waals surface area contributed by atoms with Gasteiger partial charge in [0.25, 0.3) is 0 Å². The highest BCUT2D eigenvalue weighted by atomic mass is 16.1. The van der Waals surface area contributed by atoms with E-state index in [1.165, 1.54) is 0 Å². The van der Waals surface area contributed by atoms with E-state index in [9.17, 15) is 4.79 Å². The molecule has 4 nitrogen and oxygen atoms in total. The highest BCUT2D eigenvalue weighted by Gasteiger charge is 2.08. The van der Waals surface area contributed by atoms with Gasteiger partial charge in [-0.05, 0) is 6.42 Å². The summed E-state index contributed by atoms with van der Waals surface area (Å²) in [6, 6.07) is 0. The predicted molar refractivity (Wildman–Crippen MR) is 54.7 cm³/mol. The fourth-order valence-electron chi connectivity index (χ4n) is 1.09. The molecule has 0 saturated carbocycles. The molecule has 0 aliphatic rings. The molecule has 1 atom stereocenters. The van der Waals surface area contributed by atoms with Gasteiger partial charge in [-0.1, -0.05) is 13.8 Å². The van der Waals surface area contributed by atoms with Crippen LogP contribution in [0.4, 0.5) is 0 Å². The zero-order valence-corrected chi connectivity index (χ0v) is 8.73. The van der Waals surface area contributed by atoms with Crippen molar-refractivity contribution < 1.29 is 4.79 Å². The first-order valence-corrected chi connectivity index (χ1v) is 4.97. The van der Waals surface area contributed by atoms with Gasteiger partial charge >= 0.3 is 0 Å². The lowest BCUT2D eigenvalue weighted by molar-refractivity contribution is -0.124. The van der Waals surface area contributed by atoms with Crippen LogP contribution >= 0.6 is 0 Å². The summed E-state index contributed by atoms with van der Waals surface area (Å²) in [7, 11) is 0. The van der Waals surface area contributed by atoms with Gasteiger partial charge in [-0.25, -0.2) is 4.98 Å². The van der Waals surface area contributed by atoms with Crippen LogP contribution in [0.15, 0.2) is 18.7 Å². The maximum atomic E-state index is 11.4. The van der Waals surface area contributed by atoms with Gasteiger partial charge in [0.2, 0.25) is 5.91 Å². The van der Waals surface area contributed by atoms with Gasteiger partial charge in [0.1, 0.15) is 0 Å². The molecule has 0 radical (unpaired) electrons. The molecule has 0 saturated heterocycles. The average molecular weight is 195 g/mol. The van der Waals surface area contributed by atoms with Crippen molar-refractivity contribution in [3.8, 4) is 0 Å². The number of rotatable bonds is 5. The molecule has 0 spiro atoms. The van der Waals surface area contributed by atoms with Crippen molar-refractivity contribution in [2.75, 3.05) is 6.54 Å². The Bertz CT molecular complexity index is 269. The van der Waals surface area contributed by atoms with Crippen LogP contribution in [-0.2, 0) is 11.3 Å². The van der Waals surface area contributed by atoms with Crippen molar-refractivity contribution in [3.63, 3.8) is 0 Å². The predicted octanol–water partition coefficient (Wildman–Crippen LogP) is 1.05. The maximum Gasteiger partial charge on any atom is 0.222 e. The van der Waals surface area contributed by atoms with Crippen LogP contribution in [-0.4, -0.2) is 22.0 Å². The molecule has 0 aliphatic carbocycles. The van der Waals surface area contributed by atoms with E-state index in [-0.39, 0.29) is 11.8 Å². The summed E-state index contributed by atoms with van der Waals surface area (Å²) in [6.45, 7) is 5.40. The highest BCUT2D eigenvalue weighted by Crippen LogP contribution is 1.99. The first kappa shape index (κ1) is 10.8. The number of nitrogens with zero attached hydrogens (tertiary/aromatic N) is 2. The highest BCUT2D eigenvalue weighted by molar-refractivity contribution is 5.78. The van der Waals surface area contributed by atoms with Crippen LogP contribution in [0.3, 0.4) is 0 Å². The van der Waals surface area contributed by atoms with Gasteiger partial charge in [-0.3, -0.25) is 4.79 Å². The Morgan fingerprint density at radius 1 is 1.64 bits per heavy atom. The number of amides is 1. The van der Waals surface area contributed by atoms with E-state index in [0.29, 0.717) is 6.54 Å². The van der Waals surface area contributed by atoms with Crippen molar-refractivity contribution in [2.45, 2.75) is 26.8 Å². The Labute approximate surface area is 84.3 Å². The van der Waals surface area contributed by atoms with Gasteiger partial charge in [0.05, 0.1) is 6.33 Å². The molecule has 78 valence electrons. The van der Waals surface area contributed by atoms with Crippen molar-refractivity contribution >= 4 is 5.91 Å². The van der Waals surface area contributed by atoms with E-state index in [0.717, 1.165) is 13.0 Å². The van der Waals surface area contributed by atoms with Crippen molar-refractivity contribution in [1.82, 2.24) is 14.9 Å². The Hall–Kier alpha value is -1.32. The fraction of sp³-hybridized carbons (Fsp3) is 0.600. The van der Waals surface area contributed by atoms with Gasteiger partial charge in [-0.2, -0.15) is 0 Å². The molecule has 0 fully saturated rings. The number of carbonyl (C=O) groups excluding carboxylic acids is 1.